The van der Waals surface area contributed by atoms with E-state index in [-0.39, 0.29) is 17.4 Å². The number of nitrogens with zero attached hydrogens (tertiary/aromatic N) is 1. The van der Waals surface area contributed by atoms with Gasteiger partial charge in [0.2, 0.25) is 0 Å². The van der Waals surface area contributed by atoms with Crippen LogP contribution in [0.2, 0.25) is 0 Å². The van der Waals surface area contributed by atoms with Gasteiger partial charge in [-0.05, 0) is 25.3 Å². The Labute approximate surface area is 95.2 Å². The average Bonchev–Trinajstić information content (AvgIpc) is 2.92. The number of likely N-dealkylation sites (tertiary alicyclic amines) is 1. The third-order valence-corrected chi connectivity index (χ3v) is 3.83. The number of rotatable bonds is 3. The zero-order valence-electron chi connectivity index (χ0n) is 9.32. The molecule has 1 aliphatic heterocycles. The van der Waals surface area contributed by atoms with Crippen LogP contribution >= 0.6 is 0 Å². The Hall–Kier alpha value is -0.930. The molecule has 0 aromatic heterocycles. The Kier molecular flexibility index (Phi) is 2.26. The SMILES string of the molecule is NC1(C(c2ccccc2F)N2CCC2)CC1. The molecule has 2 N–H and O–H groups in total. The maximum absolute atomic E-state index is 13.8. The van der Waals surface area contributed by atoms with Gasteiger partial charge in [-0.2, -0.15) is 0 Å². The predicted octanol–water partition coefficient (Wildman–Crippen LogP) is 2.06. The fraction of sp³-hybridized carbons (Fsp3) is 0.538. The molecular formula is C13H17FN2. The van der Waals surface area contributed by atoms with Crippen LogP contribution in [0.1, 0.15) is 30.9 Å². The van der Waals surface area contributed by atoms with Crippen molar-refractivity contribution in [2.24, 2.45) is 5.73 Å². The molecule has 0 spiro atoms. The minimum atomic E-state index is -0.178. The van der Waals surface area contributed by atoms with Crippen LogP contribution in [-0.2, 0) is 0 Å². The van der Waals surface area contributed by atoms with Gasteiger partial charge in [-0.15, -0.1) is 0 Å². The molecule has 0 amide bonds. The summed E-state index contributed by atoms with van der Waals surface area (Å²) in [5.41, 5.74) is 6.90. The third-order valence-electron chi connectivity index (χ3n) is 3.83. The minimum Gasteiger partial charge on any atom is -0.323 e. The molecule has 86 valence electrons. The topological polar surface area (TPSA) is 29.3 Å². The lowest BCUT2D eigenvalue weighted by atomic mass is 9.93. The summed E-state index contributed by atoms with van der Waals surface area (Å²) in [7, 11) is 0. The highest BCUT2D eigenvalue weighted by Crippen LogP contribution is 2.48. The van der Waals surface area contributed by atoms with Crippen molar-refractivity contribution in [1.29, 1.82) is 0 Å². The molecule has 1 aliphatic carbocycles. The zero-order valence-corrected chi connectivity index (χ0v) is 9.32. The van der Waals surface area contributed by atoms with Crippen LogP contribution in [0.4, 0.5) is 4.39 Å². The van der Waals surface area contributed by atoms with Gasteiger partial charge in [-0.1, -0.05) is 18.2 Å². The summed E-state index contributed by atoms with van der Waals surface area (Å²) in [5, 5.41) is 0. The number of hydrogen-bond acceptors (Lipinski definition) is 2. The van der Waals surface area contributed by atoms with E-state index in [1.807, 2.05) is 12.1 Å². The predicted molar refractivity (Wildman–Crippen MR) is 61.5 cm³/mol. The molecule has 0 radical (unpaired) electrons. The highest BCUT2D eigenvalue weighted by molar-refractivity contribution is 5.28. The van der Waals surface area contributed by atoms with Crippen molar-refractivity contribution in [3.05, 3.63) is 35.6 Å². The molecule has 1 aromatic rings. The summed E-state index contributed by atoms with van der Waals surface area (Å²) in [5.74, 6) is -0.115. The Balaban J connectivity index is 1.96. The second-order valence-electron chi connectivity index (χ2n) is 5.05. The van der Waals surface area contributed by atoms with E-state index in [1.54, 1.807) is 6.07 Å². The number of benzene rings is 1. The molecule has 16 heavy (non-hydrogen) atoms. The molecule has 1 saturated heterocycles. The fourth-order valence-corrected chi connectivity index (χ4v) is 2.58. The molecule has 1 saturated carbocycles. The monoisotopic (exact) mass is 220 g/mol. The fourth-order valence-electron chi connectivity index (χ4n) is 2.58. The average molecular weight is 220 g/mol. The molecule has 1 heterocycles. The van der Waals surface area contributed by atoms with Crippen LogP contribution in [0, 0.1) is 5.82 Å². The van der Waals surface area contributed by atoms with Gasteiger partial charge in [0.15, 0.2) is 0 Å². The lowest BCUT2D eigenvalue weighted by Gasteiger charge is -2.42. The van der Waals surface area contributed by atoms with Crippen molar-refractivity contribution < 1.29 is 4.39 Å². The van der Waals surface area contributed by atoms with Crippen LogP contribution in [0.25, 0.3) is 0 Å². The number of hydrogen-bond donors (Lipinski definition) is 1. The van der Waals surface area contributed by atoms with Crippen LogP contribution in [0.3, 0.4) is 0 Å². The van der Waals surface area contributed by atoms with Crippen molar-refractivity contribution in [1.82, 2.24) is 4.90 Å². The smallest absolute Gasteiger partial charge is 0.128 e. The first-order chi connectivity index (χ1) is 7.71. The van der Waals surface area contributed by atoms with E-state index in [4.69, 9.17) is 5.73 Å². The third kappa shape index (κ3) is 1.55. The molecule has 2 nitrogen and oxygen atoms in total. The van der Waals surface area contributed by atoms with E-state index in [9.17, 15) is 4.39 Å². The Morgan fingerprint density at radius 1 is 1.25 bits per heavy atom. The molecule has 1 aromatic carbocycles. The van der Waals surface area contributed by atoms with Crippen molar-refractivity contribution in [2.45, 2.75) is 30.8 Å². The summed E-state index contributed by atoms with van der Waals surface area (Å²) < 4.78 is 13.8. The first-order valence-corrected chi connectivity index (χ1v) is 5.98. The van der Waals surface area contributed by atoms with Gasteiger partial charge in [0.25, 0.3) is 0 Å². The Bertz CT molecular complexity index is 397. The van der Waals surface area contributed by atoms with E-state index in [2.05, 4.69) is 4.90 Å². The maximum Gasteiger partial charge on any atom is 0.128 e. The van der Waals surface area contributed by atoms with Crippen molar-refractivity contribution >= 4 is 0 Å². The van der Waals surface area contributed by atoms with E-state index in [0.29, 0.717) is 0 Å². The van der Waals surface area contributed by atoms with Gasteiger partial charge >= 0.3 is 0 Å². The van der Waals surface area contributed by atoms with Crippen LogP contribution in [-0.4, -0.2) is 23.5 Å². The summed E-state index contributed by atoms with van der Waals surface area (Å²) in [6.07, 6.45) is 3.24. The van der Waals surface area contributed by atoms with E-state index in [1.165, 1.54) is 12.5 Å². The highest BCUT2D eigenvalue weighted by atomic mass is 19.1. The van der Waals surface area contributed by atoms with E-state index < -0.39 is 0 Å². The number of nitrogens with two attached hydrogens (primary N) is 1. The second kappa shape index (κ2) is 3.54. The largest absolute Gasteiger partial charge is 0.323 e. The molecule has 2 aliphatic rings. The summed E-state index contributed by atoms with van der Waals surface area (Å²) in [6, 6.07) is 7.14. The Morgan fingerprint density at radius 3 is 2.44 bits per heavy atom. The van der Waals surface area contributed by atoms with Gasteiger partial charge in [0, 0.05) is 24.2 Å². The van der Waals surface area contributed by atoms with Gasteiger partial charge in [-0.25, -0.2) is 4.39 Å². The second-order valence-corrected chi connectivity index (χ2v) is 5.05. The van der Waals surface area contributed by atoms with E-state index in [0.717, 1.165) is 31.5 Å². The van der Waals surface area contributed by atoms with Crippen LogP contribution in [0.15, 0.2) is 24.3 Å². The first-order valence-electron chi connectivity index (χ1n) is 5.98. The van der Waals surface area contributed by atoms with Gasteiger partial charge < -0.3 is 5.73 Å². The van der Waals surface area contributed by atoms with Gasteiger partial charge in [-0.3, -0.25) is 4.90 Å². The van der Waals surface area contributed by atoms with Gasteiger partial charge in [0.05, 0.1) is 6.04 Å². The maximum atomic E-state index is 13.8. The van der Waals surface area contributed by atoms with Crippen molar-refractivity contribution in [3.63, 3.8) is 0 Å². The van der Waals surface area contributed by atoms with E-state index >= 15 is 0 Å². The molecule has 0 bridgehead atoms. The normalized spacial score (nSPS) is 24.9. The molecular weight excluding hydrogens is 203 g/mol. The van der Waals surface area contributed by atoms with Crippen molar-refractivity contribution in [3.8, 4) is 0 Å². The molecule has 1 atom stereocenters. The molecule has 2 fully saturated rings. The summed E-state index contributed by atoms with van der Waals surface area (Å²) in [4.78, 5) is 2.31. The number of halogens is 1. The standard InChI is InChI=1S/C13H17FN2/c14-11-5-2-1-4-10(11)12(13(15)6-7-13)16-8-3-9-16/h1-2,4-5,12H,3,6-9,15H2. The van der Waals surface area contributed by atoms with Crippen molar-refractivity contribution in [2.75, 3.05) is 13.1 Å². The van der Waals surface area contributed by atoms with Crippen LogP contribution < -0.4 is 5.73 Å². The Morgan fingerprint density at radius 2 is 1.94 bits per heavy atom. The summed E-state index contributed by atoms with van der Waals surface area (Å²) >= 11 is 0. The summed E-state index contributed by atoms with van der Waals surface area (Å²) in [6.45, 7) is 2.11. The molecule has 3 heteroatoms. The molecule has 3 rings (SSSR count). The van der Waals surface area contributed by atoms with Gasteiger partial charge in [0.1, 0.15) is 5.82 Å². The highest BCUT2D eigenvalue weighted by Gasteiger charge is 2.50. The molecule has 1 unspecified atom stereocenters. The zero-order chi connectivity index (χ0) is 11.2. The quantitative estimate of drug-likeness (QED) is 0.845. The minimum absolute atomic E-state index is 0.0856. The lowest BCUT2D eigenvalue weighted by Crippen LogP contribution is -2.49. The van der Waals surface area contributed by atoms with Crippen LogP contribution in [0.5, 0.6) is 0 Å². The first kappa shape index (κ1) is 10.2. The lowest BCUT2D eigenvalue weighted by molar-refractivity contribution is 0.0907.